The highest BCUT2D eigenvalue weighted by molar-refractivity contribution is 6.03. The minimum Gasteiger partial charge on any atom is -0.457 e. The van der Waals surface area contributed by atoms with Crippen LogP contribution in [0.2, 0.25) is 0 Å². The molecule has 3 rings (SSSR count). The summed E-state index contributed by atoms with van der Waals surface area (Å²) in [5.41, 5.74) is 0.671. The molecule has 0 atom stereocenters. The van der Waals surface area contributed by atoms with Crippen molar-refractivity contribution in [1.29, 1.82) is 0 Å². The number of hydrogen-bond acceptors (Lipinski definition) is 4. The van der Waals surface area contributed by atoms with E-state index in [-0.39, 0.29) is 11.6 Å². The van der Waals surface area contributed by atoms with Gasteiger partial charge in [0.2, 0.25) is 0 Å². The van der Waals surface area contributed by atoms with E-state index in [1.54, 1.807) is 85.0 Å². The molecule has 240 valence electrons. The lowest BCUT2D eigenvalue weighted by Crippen LogP contribution is -2.23. The molecule has 2 aromatic rings. The molecule has 0 spiro atoms. The second-order valence-electron chi connectivity index (χ2n) is 8.54. The van der Waals surface area contributed by atoms with Gasteiger partial charge in [-0.3, -0.25) is 9.59 Å². The van der Waals surface area contributed by atoms with E-state index in [0.29, 0.717) is 34.1 Å². The van der Waals surface area contributed by atoms with Crippen molar-refractivity contribution in [3.63, 3.8) is 0 Å². The number of rotatable bonds is 11. The van der Waals surface area contributed by atoms with Crippen LogP contribution in [-0.4, -0.2) is 11.6 Å². The summed E-state index contributed by atoms with van der Waals surface area (Å²) in [5.74, 6) is 2.62. The van der Waals surface area contributed by atoms with Crippen molar-refractivity contribution < 1.29 is 19.1 Å². The highest BCUT2D eigenvalue weighted by atomic mass is 16.5. The Morgan fingerprint density at radius 3 is 1.27 bits per heavy atom. The molecule has 45 heavy (non-hydrogen) atoms. The third-order valence-corrected chi connectivity index (χ3v) is 5.52. The molecular weight excluding hydrogens is 556 g/mol. The normalized spacial score (nSPS) is 12.3. The number of hydrogen-bond donors (Lipinski definition) is 0. The van der Waals surface area contributed by atoms with E-state index in [1.807, 2.05) is 84.9 Å². The van der Waals surface area contributed by atoms with Crippen molar-refractivity contribution in [1.82, 2.24) is 0 Å². The first kappa shape index (κ1) is 42.2. The van der Waals surface area contributed by atoms with Crippen LogP contribution >= 0.6 is 0 Å². The molecule has 0 heterocycles. The van der Waals surface area contributed by atoms with Crippen LogP contribution in [0.3, 0.4) is 0 Å². The van der Waals surface area contributed by atoms with Gasteiger partial charge in [-0.15, -0.1) is 0 Å². The van der Waals surface area contributed by atoms with Gasteiger partial charge in [-0.2, -0.15) is 0 Å². The molecule has 0 radical (unpaired) electrons. The van der Waals surface area contributed by atoms with E-state index in [2.05, 4.69) is 26.3 Å². The Morgan fingerprint density at radius 2 is 0.956 bits per heavy atom. The Balaban J connectivity index is 0. The van der Waals surface area contributed by atoms with Crippen molar-refractivity contribution in [3.8, 4) is 11.5 Å². The monoisotopic (exact) mass is 608 g/mol. The maximum absolute atomic E-state index is 12.8. The minimum atomic E-state index is -0.638. The maximum Gasteiger partial charge on any atom is 0.176 e. The Morgan fingerprint density at radius 1 is 0.600 bits per heavy atom. The summed E-state index contributed by atoms with van der Waals surface area (Å²) in [7, 11) is 0. The lowest BCUT2D eigenvalue weighted by atomic mass is 9.82. The van der Waals surface area contributed by atoms with E-state index >= 15 is 0 Å². The fourth-order valence-corrected chi connectivity index (χ4v) is 3.38. The maximum atomic E-state index is 12.8. The summed E-state index contributed by atoms with van der Waals surface area (Å²) < 4.78 is 11.2. The topological polar surface area (TPSA) is 52.6 Å². The number of allylic oxidation sites excluding steroid dienone is 12. The summed E-state index contributed by atoms with van der Waals surface area (Å²) in [6, 6.07) is 14.1. The van der Waals surface area contributed by atoms with Gasteiger partial charge in [0.05, 0.1) is 5.41 Å². The van der Waals surface area contributed by atoms with Crippen molar-refractivity contribution in [2.24, 2.45) is 5.41 Å². The van der Waals surface area contributed by atoms with Crippen molar-refractivity contribution in [3.05, 3.63) is 170 Å². The Kier molecular flexibility index (Phi) is 23.9. The molecule has 2 aromatic carbocycles. The summed E-state index contributed by atoms with van der Waals surface area (Å²) >= 11 is 0. The predicted molar refractivity (Wildman–Crippen MR) is 195 cm³/mol. The van der Waals surface area contributed by atoms with Crippen molar-refractivity contribution >= 4 is 11.6 Å². The molecule has 1 aliphatic rings. The molecule has 4 heteroatoms. The second-order valence-corrected chi connectivity index (χ2v) is 8.54. The molecule has 0 amide bonds. The average Bonchev–Trinajstić information content (AvgIpc) is 3.32. The van der Waals surface area contributed by atoms with Crippen LogP contribution in [0.25, 0.3) is 0 Å². The number of ketones is 2. The van der Waals surface area contributed by atoms with Crippen LogP contribution in [0.15, 0.2) is 159 Å². The van der Waals surface area contributed by atoms with E-state index in [9.17, 15) is 9.59 Å². The van der Waals surface area contributed by atoms with E-state index in [1.165, 1.54) is 6.92 Å². The quantitative estimate of drug-likeness (QED) is 0.145. The van der Waals surface area contributed by atoms with Crippen LogP contribution in [0.5, 0.6) is 11.5 Å². The zero-order valence-corrected chi connectivity index (χ0v) is 28.5. The molecule has 0 aromatic heterocycles. The van der Waals surface area contributed by atoms with Gasteiger partial charge < -0.3 is 9.47 Å². The third kappa shape index (κ3) is 15.9. The molecule has 1 aliphatic carbocycles. The molecule has 0 saturated heterocycles. The fourth-order valence-electron chi connectivity index (χ4n) is 3.38. The first-order chi connectivity index (χ1) is 21.8. The summed E-state index contributed by atoms with van der Waals surface area (Å²) in [6.45, 7) is 30.0. The number of benzene rings is 2. The molecule has 0 bridgehead atoms. The number of Topliss-reactive ketones (excluding diaryl/α,β-unsaturated/α-hetero) is 2. The van der Waals surface area contributed by atoms with Gasteiger partial charge in [0.1, 0.15) is 23.0 Å². The van der Waals surface area contributed by atoms with E-state index < -0.39 is 5.41 Å². The zero-order valence-electron chi connectivity index (χ0n) is 28.5. The second kappa shape index (κ2) is 25.5. The van der Waals surface area contributed by atoms with Gasteiger partial charge in [-0.1, -0.05) is 116 Å². The van der Waals surface area contributed by atoms with Crippen LogP contribution in [0, 0.1) is 5.41 Å². The predicted octanol–water partition coefficient (Wildman–Crippen LogP) is 11.8. The third-order valence-electron chi connectivity index (χ3n) is 5.52. The van der Waals surface area contributed by atoms with Gasteiger partial charge in [0.25, 0.3) is 0 Å². The largest absolute Gasteiger partial charge is 0.457 e. The minimum absolute atomic E-state index is 0.0390. The molecule has 0 saturated carbocycles. The van der Waals surface area contributed by atoms with Crippen LogP contribution in [0.1, 0.15) is 76.1 Å². The standard InChI is InChI=1S/C21H20O2.C14H14O2.3C2H6/c1-4-10-18(5-2)23-19-13-11-17(12-14-19)20(22)21(3)15-8-6-7-9-16-21;1-4-6-13(5-2)16-14-9-7-12(8-10-14)11(3)15;3*1-2/h4-16H,1-2H2,3H3;4-10H,1-2H2,3H3;3*1-2H3/b18-10+;13-6+;;;. The number of ether oxygens (including phenoxy) is 2. The van der Waals surface area contributed by atoms with E-state index in [0.717, 1.165) is 0 Å². The first-order valence-corrected chi connectivity index (χ1v) is 15.3. The molecule has 4 nitrogen and oxygen atoms in total. The Hall–Kier alpha value is -4.96. The van der Waals surface area contributed by atoms with Crippen LogP contribution in [-0.2, 0) is 0 Å². The summed E-state index contributed by atoms with van der Waals surface area (Å²) in [4.78, 5) is 23.8. The SMILES string of the molecule is C=C/C=C(\C=C)Oc1ccc(C(=O)C2(C)C=CC=CC=C2)cc1.C=C/C=C(\C=C)Oc1ccc(C(C)=O)cc1.CC.CC.CC. The smallest absolute Gasteiger partial charge is 0.176 e. The van der Waals surface area contributed by atoms with Gasteiger partial charge in [0, 0.05) is 11.1 Å². The van der Waals surface area contributed by atoms with Crippen LogP contribution in [0.4, 0.5) is 0 Å². The Bertz CT molecular complexity index is 1330. The van der Waals surface area contributed by atoms with E-state index in [4.69, 9.17) is 9.47 Å². The van der Waals surface area contributed by atoms with Gasteiger partial charge >= 0.3 is 0 Å². The van der Waals surface area contributed by atoms with Gasteiger partial charge in [0.15, 0.2) is 11.6 Å². The van der Waals surface area contributed by atoms with Crippen LogP contribution < -0.4 is 9.47 Å². The highest BCUT2D eigenvalue weighted by Gasteiger charge is 2.28. The first-order valence-electron chi connectivity index (χ1n) is 15.3. The lowest BCUT2D eigenvalue weighted by Gasteiger charge is -2.20. The average molecular weight is 609 g/mol. The highest BCUT2D eigenvalue weighted by Crippen LogP contribution is 2.29. The Labute approximate surface area is 272 Å². The van der Waals surface area contributed by atoms with Crippen molar-refractivity contribution in [2.45, 2.75) is 55.4 Å². The summed E-state index contributed by atoms with van der Waals surface area (Å²) in [6.07, 6.45) is 21.3. The number of carbonyl (C=O) groups excluding carboxylic acids is 2. The van der Waals surface area contributed by atoms with Gasteiger partial charge in [-0.05, 0) is 86.7 Å². The molecule has 0 unspecified atom stereocenters. The molecule has 0 N–H and O–H groups in total. The van der Waals surface area contributed by atoms with Crippen molar-refractivity contribution in [2.75, 3.05) is 0 Å². The summed E-state index contributed by atoms with van der Waals surface area (Å²) in [5, 5.41) is 0. The fraction of sp³-hybridized carbons (Fsp3) is 0.220. The number of carbonyl (C=O) groups is 2. The zero-order chi connectivity index (χ0) is 34.7. The molecule has 0 fully saturated rings. The molecule has 0 aliphatic heterocycles. The lowest BCUT2D eigenvalue weighted by molar-refractivity contribution is 0.0907. The molecular formula is C41H52O4. The van der Waals surface area contributed by atoms with Gasteiger partial charge in [-0.25, -0.2) is 0 Å².